The number of phenolic OH excluding ortho intramolecular Hbond substituents is 2. The summed E-state index contributed by atoms with van der Waals surface area (Å²) >= 11 is 0. The van der Waals surface area contributed by atoms with E-state index in [1.807, 2.05) is 64.2 Å². The van der Waals surface area contributed by atoms with E-state index in [0.717, 1.165) is 95.2 Å². The summed E-state index contributed by atoms with van der Waals surface area (Å²) in [7, 11) is -0.874. The van der Waals surface area contributed by atoms with Crippen molar-refractivity contribution in [1.82, 2.24) is 30.0 Å². The summed E-state index contributed by atoms with van der Waals surface area (Å²) in [6.45, 7) is 18.6. The van der Waals surface area contributed by atoms with Crippen LogP contribution in [0.3, 0.4) is 0 Å². The Morgan fingerprint density at radius 1 is 0.409 bits per heavy atom. The zero-order chi connectivity index (χ0) is 93.5. The molecule has 4 fully saturated rings. The number of fused-ring (bicyclic) bond motifs is 4. The number of phenols is 2. The number of ether oxygens (including phenoxy) is 3. The van der Waals surface area contributed by atoms with Crippen molar-refractivity contribution in [2.75, 3.05) is 19.8 Å². The quantitative estimate of drug-likeness (QED) is 0.0301. The van der Waals surface area contributed by atoms with Crippen LogP contribution in [0.15, 0.2) is 377 Å². The molecule has 20 rings (SSSR count). The first-order chi connectivity index (χ1) is 67.2. The van der Waals surface area contributed by atoms with E-state index in [0.29, 0.717) is 116 Å². The van der Waals surface area contributed by atoms with Gasteiger partial charge in [0.1, 0.15) is 29.5 Å². The second kappa shape index (κ2) is 43.6. The molecule has 137 heavy (non-hydrogen) atoms. The molecule has 0 aliphatic heterocycles. The van der Waals surface area contributed by atoms with Crippen molar-refractivity contribution in [2.24, 2.45) is 59.2 Å². The van der Waals surface area contributed by atoms with E-state index in [1.165, 1.54) is 87.7 Å². The van der Waals surface area contributed by atoms with Gasteiger partial charge in [0, 0.05) is 23.5 Å². The lowest BCUT2D eigenvalue weighted by Crippen LogP contribution is -2.22. The summed E-state index contributed by atoms with van der Waals surface area (Å²) in [5, 5.41) is 52.5. The maximum absolute atomic E-state index is 13.8. The summed E-state index contributed by atoms with van der Waals surface area (Å²) in [4.78, 5) is 13.8. The van der Waals surface area contributed by atoms with Crippen molar-refractivity contribution in [1.29, 1.82) is 0 Å². The number of rotatable bonds is 33. The molecule has 12 nitrogen and oxygen atoms in total. The molecule has 12 atom stereocenters. The van der Waals surface area contributed by atoms with Crippen LogP contribution in [0, 0.1) is 80.0 Å². The molecule has 0 amide bonds. The molecule has 13 heteroatoms. The number of aromatic hydroxyl groups is 2. The Balaban J connectivity index is 0.000000181. The first-order valence-electron chi connectivity index (χ1n) is 48.9. The topological polar surface area (TPSA) is 147 Å². The molecule has 2 aromatic heterocycles. The summed E-state index contributed by atoms with van der Waals surface area (Å²) in [5.74, 6) is 4.73. The van der Waals surface area contributed by atoms with Gasteiger partial charge >= 0.3 is 0 Å². The first-order valence-corrected chi connectivity index (χ1v) is 50.2. The van der Waals surface area contributed by atoms with Gasteiger partial charge in [0.2, 0.25) is 0 Å². The van der Waals surface area contributed by atoms with E-state index < -0.39 is 7.92 Å². The fraction of sp³-hybridized carbons (Fsp3) is 0.250. The molecule has 14 aromatic carbocycles. The maximum atomic E-state index is 13.8. The zero-order valence-electron chi connectivity index (χ0n) is 78.6. The van der Waals surface area contributed by atoms with Gasteiger partial charge in [-0.05, 0) is 260 Å². The lowest BCUT2D eigenvalue weighted by Gasteiger charge is -2.25. The Hall–Kier alpha value is -13.6. The Morgan fingerprint density at radius 3 is 1.39 bits per heavy atom. The number of hydrogen-bond acceptors (Lipinski definition) is 10. The molecule has 0 spiro atoms. The molecule has 4 aliphatic carbocycles. The standard InChI is InChI=1S/C70H68N3O3P.C54H53N3O3/c1-4-56-38-55(30-29-53-39-58(34-31-51-16-8-5-9-17-51)60(41-53)46-75-47-61-45-73(72-71-61)44-52-27-24-49(2)25-28-52)43-67(56)76-48-62(74)42-54-32-36-66-59(40-54)33-26-50(3)69(66)70-65-23-15-14-18-57(65)35-37-68(70)77(63-19-10-6-11-20-63)64-21-12-7-13-22-64;1-3-41-27-40(30-50(41)45-21-24-49-44(31-45)23-26-52(59)54(49)53-48-12-8-7-11-42(48)22-25-51(53)58)18-17-39-28-43(20-19-37-9-5-4-6-10-37)46(29-39)34-60-35-47-33-57(56-55-47)32-38-15-13-36(2)14-16-38/h4-37,40,45,53,55-56,58,60,67H,1,38-39,41-44,46-48H2,2-3H3;3-26,31,33,39-41,43,46,50,58-59H,1,27-30,32,34-35H2,2H3/b30-29+,34-31+;18-17+,20-19+. The Bertz CT molecular complexity index is 6970. The highest BCUT2D eigenvalue weighted by atomic mass is 31.1. The summed E-state index contributed by atoms with van der Waals surface area (Å²) in [5.41, 5.74) is 16.4. The number of benzene rings is 14. The average molecular weight is 1820 g/mol. The normalized spacial score (nSPS) is 20.6. The predicted octanol–water partition coefficient (Wildman–Crippen LogP) is 27.0. The Kier molecular flexibility index (Phi) is 29.4. The van der Waals surface area contributed by atoms with E-state index in [-0.39, 0.29) is 35.9 Å². The third-order valence-electron chi connectivity index (χ3n) is 28.8. The Labute approximate surface area is 807 Å². The van der Waals surface area contributed by atoms with E-state index in [1.54, 1.807) is 12.1 Å². The number of nitrogens with zero attached hydrogens (tertiary/aromatic N) is 6. The van der Waals surface area contributed by atoms with Gasteiger partial charge in [0.15, 0.2) is 5.78 Å². The molecule has 0 bridgehead atoms. The summed E-state index contributed by atoms with van der Waals surface area (Å²) < 4.78 is 23.0. The second-order valence-electron chi connectivity index (χ2n) is 38.5. The molecular weight excluding hydrogens is 1700 g/mol. The molecule has 12 unspecified atom stereocenters. The molecule has 2 N–H and O–H groups in total. The first kappa shape index (κ1) is 92.5. The van der Waals surface area contributed by atoms with E-state index in [4.69, 9.17) is 14.2 Å². The molecule has 16 aromatic rings. The average Bonchev–Trinajstić information content (AvgIpc) is 1.64. The van der Waals surface area contributed by atoms with Crippen LogP contribution in [-0.4, -0.2) is 71.9 Å². The highest BCUT2D eigenvalue weighted by Gasteiger charge is 2.38. The van der Waals surface area contributed by atoms with Crippen LogP contribution in [0.1, 0.15) is 119 Å². The van der Waals surface area contributed by atoms with Gasteiger partial charge in [-0.25, -0.2) is 9.36 Å². The number of Topliss-reactive ketones (excluding diaryl/α,β-unsaturated/α-hetero) is 1. The number of hydrogen-bond donors (Lipinski definition) is 2. The third kappa shape index (κ3) is 22.4. The van der Waals surface area contributed by atoms with Crippen molar-refractivity contribution >= 4 is 84.9 Å². The minimum Gasteiger partial charge on any atom is -0.507 e. The van der Waals surface area contributed by atoms with Gasteiger partial charge in [-0.15, -0.1) is 23.4 Å². The van der Waals surface area contributed by atoms with Crippen LogP contribution in [-0.2, 0) is 51.7 Å². The largest absolute Gasteiger partial charge is 0.507 e. The van der Waals surface area contributed by atoms with Crippen LogP contribution in [0.5, 0.6) is 11.5 Å². The molecule has 4 saturated carbocycles. The van der Waals surface area contributed by atoms with Crippen molar-refractivity contribution < 1.29 is 29.2 Å². The maximum Gasteiger partial charge on any atom is 0.162 e. The van der Waals surface area contributed by atoms with Gasteiger partial charge in [-0.1, -0.05) is 373 Å². The smallest absolute Gasteiger partial charge is 0.162 e. The Morgan fingerprint density at radius 2 is 0.847 bits per heavy atom. The van der Waals surface area contributed by atoms with Gasteiger partial charge in [0.25, 0.3) is 0 Å². The zero-order valence-corrected chi connectivity index (χ0v) is 79.5. The lowest BCUT2D eigenvalue weighted by molar-refractivity contribution is -0.125. The minimum absolute atomic E-state index is 0.0403. The molecular formula is C124H121N6O6P. The van der Waals surface area contributed by atoms with Gasteiger partial charge < -0.3 is 24.4 Å². The van der Waals surface area contributed by atoms with Crippen LogP contribution < -0.4 is 15.9 Å². The van der Waals surface area contributed by atoms with Crippen LogP contribution in [0.25, 0.3) is 77.5 Å². The number of carbonyl (C=O) groups excluding carboxylic acids is 1. The van der Waals surface area contributed by atoms with Crippen molar-refractivity contribution in [3.05, 3.63) is 439 Å². The molecule has 0 radical (unpaired) electrons. The van der Waals surface area contributed by atoms with Gasteiger partial charge in [-0.2, -0.15) is 0 Å². The predicted molar refractivity (Wildman–Crippen MR) is 563 cm³/mol. The number of carbonyl (C=O) groups is 1. The molecule has 688 valence electrons. The van der Waals surface area contributed by atoms with Crippen molar-refractivity contribution in [3.8, 4) is 33.8 Å². The highest BCUT2D eigenvalue weighted by molar-refractivity contribution is 7.80. The van der Waals surface area contributed by atoms with E-state index in [2.05, 4.69) is 364 Å². The number of aromatic nitrogens is 6. The lowest BCUT2D eigenvalue weighted by atomic mass is 9.86. The van der Waals surface area contributed by atoms with Gasteiger partial charge in [0.05, 0.1) is 58.0 Å². The highest BCUT2D eigenvalue weighted by Crippen LogP contribution is 2.51. The van der Waals surface area contributed by atoms with Crippen LogP contribution >= 0.6 is 7.92 Å². The van der Waals surface area contributed by atoms with Crippen LogP contribution in [0.2, 0.25) is 0 Å². The summed E-state index contributed by atoms with van der Waals surface area (Å²) in [6.07, 6.45) is 36.0. The monoisotopic (exact) mass is 1820 g/mol. The van der Waals surface area contributed by atoms with Crippen molar-refractivity contribution in [3.63, 3.8) is 0 Å². The molecule has 4 aliphatic rings. The fourth-order valence-corrected chi connectivity index (χ4v) is 24.3. The number of allylic oxidation sites excluding steroid dienone is 7. The molecule has 0 saturated heterocycles. The SMILES string of the molecule is C=CC1CC(/C=C/C2CC(/C=C/c3ccccc3)C(COCc3cn(Cc4ccc(C)cc4)nn3)C2)CC1OCC(=O)Cc1ccc2c(-c3c(P(c4ccccc4)c4ccccc4)ccc4ccccc34)c(C)ccc2c1.C=CC1CC(/C=C/C2CC(/C=C/c3ccccc3)C(COCc3cn(Cc4ccc(C)cc4)nn3)C2)CC1c1ccc2c(-c3c(O)ccc4ccccc34)c(O)ccc2c1. The van der Waals surface area contributed by atoms with Gasteiger partial charge in [-0.3, -0.25) is 4.79 Å². The fourth-order valence-electron chi connectivity index (χ4n) is 21.8. The van der Waals surface area contributed by atoms with E-state index >= 15 is 0 Å². The van der Waals surface area contributed by atoms with E-state index in [9.17, 15) is 15.0 Å². The third-order valence-corrected chi connectivity index (χ3v) is 31.3. The number of aryl methyl sites for hydroxylation is 3. The second-order valence-corrected chi connectivity index (χ2v) is 40.7. The minimum atomic E-state index is -0.874. The molecule has 2 heterocycles. The van der Waals surface area contributed by atoms with Crippen LogP contribution in [0.4, 0.5) is 0 Å². The van der Waals surface area contributed by atoms with Crippen molar-refractivity contribution in [2.45, 2.75) is 117 Å². The summed E-state index contributed by atoms with van der Waals surface area (Å²) in [6, 6.07) is 107. The number of ketones is 1.